The van der Waals surface area contributed by atoms with Crippen LogP contribution in [0.4, 0.5) is 0 Å². The van der Waals surface area contributed by atoms with Crippen LogP contribution in [-0.2, 0) is 6.54 Å². The molecule has 0 radical (unpaired) electrons. The van der Waals surface area contributed by atoms with Crippen molar-refractivity contribution in [1.82, 2.24) is 20.2 Å². The molecule has 0 aliphatic heterocycles. The molecular formula is C15H18ClN5O. The van der Waals surface area contributed by atoms with Crippen LogP contribution in [0.25, 0.3) is 0 Å². The quantitative estimate of drug-likeness (QED) is 0.657. The van der Waals surface area contributed by atoms with E-state index in [1.807, 2.05) is 6.92 Å². The molecule has 7 heteroatoms. The highest BCUT2D eigenvalue weighted by Crippen LogP contribution is 2.18. The molecule has 0 aliphatic rings. The first-order valence-electron chi connectivity index (χ1n) is 7.09. The van der Waals surface area contributed by atoms with Crippen LogP contribution in [0.2, 0.25) is 5.15 Å². The van der Waals surface area contributed by atoms with Crippen LogP contribution in [0, 0.1) is 6.92 Å². The van der Waals surface area contributed by atoms with Gasteiger partial charge in [-0.25, -0.2) is 5.43 Å². The van der Waals surface area contributed by atoms with Crippen molar-refractivity contribution in [1.29, 1.82) is 0 Å². The zero-order chi connectivity index (χ0) is 15.9. The van der Waals surface area contributed by atoms with Gasteiger partial charge in [-0.3, -0.25) is 14.5 Å². The lowest BCUT2D eigenvalue weighted by Crippen LogP contribution is -2.17. The Labute approximate surface area is 134 Å². The first-order chi connectivity index (χ1) is 10.6. The first kappa shape index (κ1) is 16.2. The molecule has 0 saturated carbocycles. The summed E-state index contributed by atoms with van der Waals surface area (Å²) in [4.78, 5) is 15.7. The van der Waals surface area contributed by atoms with Crippen LogP contribution in [-0.4, -0.2) is 26.9 Å². The fourth-order valence-electron chi connectivity index (χ4n) is 1.89. The molecule has 2 aromatic rings. The lowest BCUT2D eigenvalue weighted by atomic mass is 10.2. The summed E-state index contributed by atoms with van der Waals surface area (Å²) in [6.07, 6.45) is 6.71. The van der Waals surface area contributed by atoms with Gasteiger partial charge in [0.2, 0.25) is 0 Å². The molecule has 22 heavy (non-hydrogen) atoms. The molecule has 1 amide bonds. The molecule has 0 spiro atoms. The third-order valence-electron chi connectivity index (χ3n) is 3.14. The molecule has 2 rings (SSSR count). The van der Waals surface area contributed by atoms with E-state index in [0.717, 1.165) is 25.1 Å². The average molecular weight is 320 g/mol. The van der Waals surface area contributed by atoms with Gasteiger partial charge in [0, 0.05) is 24.5 Å². The molecule has 0 bridgehead atoms. The Hall–Kier alpha value is -2.21. The third kappa shape index (κ3) is 3.92. The van der Waals surface area contributed by atoms with E-state index in [1.54, 1.807) is 29.2 Å². The minimum Gasteiger partial charge on any atom is -0.267 e. The summed E-state index contributed by atoms with van der Waals surface area (Å²) in [7, 11) is 0. The van der Waals surface area contributed by atoms with Crippen molar-refractivity contribution < 1.29 is 4.79 Å². The van der Waals surface area contributed by atoms with Gasteiger partial charge in [0.1, 0.15) is 5.15 Å². The Morgan fingerprint density at radius 2 is 2.18 bits per heavy atom. The van der Waals surface area contributed by atoms with Crippen LogP contribution in [0.5, 0.6) is 0 Å². The Kier molecular flexibility index (Phi) is 5.66. The molecular weight excluding hydrogens is 302 g/mol. The maximum Gasteiger partial charge on any atom is 0.271 e. The number of rotatable bonds is 6. The number of aryl methyl sites for hydroxylation is 2. The molecule has 2 aromatic heterocycles. The summed E-state index contributed by atoms with van der Waals surface area (Å²) >= 11 is 6.29. The molecule has 0 saturated heterocycles. The molecule has 1 N–H and O–H groups in total. The van der Waals surface area contributed by atoms with Gasteiger partial charge in [-0.2, -0.15) is 10.2 Å². The highest BCUT2D eigenvalue weighted by atomic mass is 35.5. The smallest absolute Gasteiger partial charge is 0.267 e. The van der Waals surface area contributed by atoms with E-state index in [2.05, 4.69) is 27.5 Å². The number of hydrazone groups is 1. The maximum absolute atomic E-state index is 11.8. The van der Waals surface area contributed by atoms with Crippen molar-refractivity contribution in [3.63, 3.8) is 0 Å². The van der Waals surface area contributed by atoms with Crippen molar-refractivity contribution >= 4 is 23.7 Å². The van der Waals surface area contributed by atoms with Crippen molar-refractivity contribution in [2.75, 3.05) is 0 Å². The number of nitrogens with zero attached hydrogens (tertiary/aromatic N) is 4. The van der Waals surface area contributed by atoms with Crippen molar-refractivity contribution in [3.05, 3.63) is 46.5 Å². The largest absolute Gasteiger partial charge is 0.271 e. The van der Waals surface area contributed by atoms with Crippen LogP contribution < -0.4 is 5.43 Å². The average Bonchev–Trinajstić information content (AvgIpc) is 2.81. The molecule has 0 aliphatic carbocycles. The summed E-state index contributed by atoms with van der Waals surface area (Å²) in [5, 5.41) is 8.86. The highest BCUT2D eigenvalue weighted by molar-refractivity contribution is 6.32. The number of nitrogens with one attached hydrogen (secondary N) is 1. The van der Waals surface area contributed by atoms with Crippen molar-refractivity contribution in [2.45, 2.75) is 33.2 Å². The van der Waals surface area contributed by atoms with Crippen LogP contribution in [0.15, 0.2) is 29.6 Å². The molecule has 0 aromatic carbocycles. The third-order valence-corrected chi connectivity index (χ3v) is 3.53. The fourth-order valence-corrected chi connectivity index (χ4v) is 2.20. The number of carbonyl (C=O) groups excluding carboxylic acids is 1. The Balaban J connectivity index is 2.04. The lowest BCUT2D eigenvalue weighted by molar-refractivity contribution is 0.0955. The highest BCUT2D eigenvalue weighted by Gasteiger charge is 2.11. The maximum atomic E-state index is 11.8. The predicted molar refractivity (Wildman–Crippen MR) is 86.2 cm³/mol. The van der Waals surface area contributed by atoms with E-state index < -0.39 is 0 Å². The Bertz CT molecular complexity index is 666. The summed E-state index contributed by atoms with van der Waals surface area (Å²) in [6, 6.07) is 3.23. The molecule has 6 nitrogen and oxygen atoms in total. The van der Waals surface area contributed by atoms with Gasteiger partial charge in [-0.15, -0.1) is 0 Å². The Morgan fingerprint density at radius 3 is 2.86 bits per heavy atom. The number of carbonyl (C=O) groups is 1. The zero-order valence-electron chi connectivity index (χ0n) is 12.6. The molecule has 116 valence electrons. The monoisotopic (exact) mass is 319 g/mol. The van der Waals surface area contributed by atoms with Gasteiger partial charge < -0.3 is 0 Å². The molecule has 0 atom stereocenters. The van der Waals surface area contributed by atoms with E-state index in [1.165, 1.54) is 6.21 Å². The van der Waals surface area contributed by atoms with E-state index in [9.17, 15) is 4.79 Å². The molecule has 0 unspecified atom stereocenters. The van der Waals surface area contributed by atoms with Gasteiger partial charge in [-0.1, -0.05) is 24.9 Å². The summed E-state index contributed by atoms with van der Waals surface area (Å²) in [6.45, 7) is 4.75. The minimum atomic E-state index is -0.300. The number of aromatic nitrogens is 3. The first-order valence-corrected chi connectivity index (χ1v) is 7.47. The fraction of sp³-hybridized carbons (Fsp3) is 0.333. The number of hydrogen-bond donors (Lipinski definition) is 1. The van der Waals surface area contributed by atoms with Gasteiger partial charge >= 0.3 is 0 Å². The van der Waals surface area contributed by atoms with Crippen molar-refractivity contribution in [3.8, 4) is 0 Å². The number of amides is 1. The second-order valence-corrected chi connectivity index (χ2v) is 5.16. The van der Waals surface area contributed by atoms with Crippen LogP contribution >= 0.6 is 11.6 Å². The summed E-state index contributed by atoms with van der Waals surface area (Å²) < 4.78 is 1.76. The second-order valence-electron chi connectivity index (χ2n) is 4.80. The Morgan fingerprint density at radius 1 is 1.45 bits per heavy atom. The summed E-state index contributed by atoms with van der Waals surface area (Å²) in [5.74, 6) is -0.300. The van der Waals surface area contributed by atoms with E-state index in [4.69, 9.17) is 11.6 Å². The minimum absolute atomic E-state index is 0.300. The summed E-state index contributed by atoms with van der Waals surface area (Å²) in [5.41, 5.74) is 4.45. The number of unbranched alkanes of at least 4 members (excludes halogenated alkanes) is 1. The predicted octanol–water partition coefficient (Wildman–Crippen LogP) is 2.80. The van der Waals surface area contributed by atoms with Crippen LogP contribution in [0.1, 0.15) is 41.4 Å². The topological polar surface area (TPSA) is 72.2 Å². The standard InChI is InChI=1S/C15H18ClN5O/c1-3-4-9-21-14(16)13(11(2)20-21)10-18-19-15(22)12-5-7-17-8-6-12/h5-8,10H,3-4,9H2,1-2H3,(H,19,22)/b18-10-. The molecule has 0 fully saturated rings. The van der Waals surface area contributed by atoms with E-state index in [0.29, 0.717) is 16.3 Å². The lowest BCUT2D eigenvalue weighted by Gasteiger charge is -2.01. The zero-order valence-corrected chi connectivity index (χ0v) is 13.3. The molecule has 2 heterocycles. The number of halogens is 1. The van der Waals surface area contributed by atoms with Gasteiger partial charge in [0.05, 0.1) is 17.5 Å². The van der Waals surface area contributed by atoms with Crippen molar-refractivity contribution in [2.24, 2.45) is 5.10 Å². The van der Waals surface area contributed by atoms with E-state index in [-0.39, 0.29) is 5.91 Å². The SMILES string of the molecule is CCCCn1nc(C)c(/C=N\NC(=O)c2ccncc2)c1Cl. The van der Waals surface area contributed by atoms with Gasteiger partial charge in [0.25, 0.3) is 5.91 Å². The second kappa shape index (κ2) is 7.70. The van der Waals surface area contributed by atoms with Gasteiger partial charge in [-0.05, 0) is 25.5 Å². The van der Waals surface area contributed by atoms with Gasteiger partial charge in [0.15, 0.2) is 0 Å². The number of hydrogen-bond acceptors (Lipinski definition) is 4. The normalized spacial score (nSPS) is 11.0. The number of pyridine rings is 1. The van der Waals surface area contributed by atoms with E-state index >= 15 is 0 Å². The van der Waals surface area contributed by atoms with Crippen LogP contribution in [0.3, 0.4) is 0 Å².